The van der Waals surface area contributed by atoms with Crippen molar-refractivity contribution >= 4 is 28.9 Å². The summed E-state index contributed by atoms with van der Waals surface area (Å²) in [6.45, 7) is 1.66. The number of methoxy groups -OCH3 is 1. The topological polar surface area (TPSA) is 77.4 Å². The second-order valence-corrected chi connectivity index (χ2v) is 5.14. The van der Waals surface area contributed by atoms with Crippen LogP contribution in [0.25, 0.3) is 0 Å². The zero-order chi connectivity index (χ0) is 15.4. The molecule has 0 radical (unpaired) electrons. The van der Waals surface area contributed by atoms with E-state index in [1.807, 2.05) is 0 Å². The van der Waals surface area contributed by atoms with Crippen molar-refractivity contribution < 1.29 is 14.3 Å². The number of nitrogens with zero attached hydrogens (tertiary/aromatic N) is 1. The first-order chi connectivity index (χ1) is 10.0. The molecule has 6 nitrogen and oxygen atoms in total. The highest BCUT2D eigenvalue weighted by molar-refractivity contribution is 7.07. The third-order valence-corrected chi connectivity index (χ3v) is 3.77. The summed E-state index contributed by atoms with van der Waals surface area (Å²) in [4.78, 5) is 35.0. The second-order valence-electron chi connectivity index (χ2n) is 4.31. The van der Waals surface area contributed by atoms with Crippen molar-refractivity contribution in [1.29, 1.82) is 0 Å². The van der Waals surface area contributed by atoms with Crippen molar-refractivity contribution in [1.82, 2.24) is 4.57 Å². The fourth-order valence-corrected chi connectivity index (χ4v) is 2.54. The van der Waals surface area contributed by atoms with Crippen LogP contribution in [0.1, 0.15) is 16.1 Å². The van der Waals surface area contributed by atoms with Crippen LogP contribution >= 0.6 is 11.3 Å². The van der Waals surface area contributed by atoms with E-state index in [0.717, 1.165) is 17.0 Å². The van der Waals surface area contributed by atoms with Gasteiger partial charge in [-0.05, 0) is 19.1 Å². The largest absolute Gasteiger partial charge is 0.465 e. The van der Waals surface area contributed by atoms with Crippen molar-refractivity contribution in [2.45, 2.75) is 13.5 Å². The summed E-state index contributed by atoms with van der Waals surface area (Å²) in [5.41, 5.74) is 1.35. The van der Waals surface area contributed by atoms with Crippen molar-refractivity contribution in [3.8, 4) is 0 Å². The zero-order valence-corrected chi connectivity index (χ0v) is 12.4. The SMILES string of the molecule is COC(=O)c1ccccc1NC(=O)Cn1c(C)csc1=O. The van der Waals surface area contributed by atoms with Crippen LogP contribution in [0.3, 0.4) is 0 Å². The molecule has 1 aromatic carbocycles. The average Bonchev–Trinajstić information content (AvgIpc) is 2.79. The van der Waals surface area contributed by atoms with E-state index in [2.05, 4.69) is 10.1 Å². The molecule has 7 heteroatoms. The van der Waals surface area contributed by atoms with Crippen molar-refractivity contribution in [2.75, 3.05) is 12.4 Å². The molecule has 0 bridgehead atoms. The highest BCUT2D eigenvalue weighted by Crippen LogP contribution is 2.16. The summed E-state index contributed by atoms with van der Waals surface area (Å²) in [6.07, 6.45) is 0. The van der Waals surface area contributed by atoms with Gasteiger partial charge in [-0.25, -0.2) is 4.79 Å². The van der Waals surface area contributed by atoms with Gasteiger partial charge in [-0.2, -0.15) is 0 Å². The highest BCUT2D eigenvalue weighted by Gasteiger charge is 2.14. The molecule has 0 aliphatic heterocycles. The number of hydrogen-bond donors (Lipinski definition) is 1. The molecule has 1 N–H and O–H groups in total. The summed E-state index contributed by atoms with van der Waals surface area (Å²) in [5, 5.41) is 4.32. The van der Waals surface area contributed by atoms with E-state index in [-0.39, 0.29) is 22.9 Å². The number of aromatic nitrogens is 1. The maximum atomic E-state index is 12.0. The molecule has 1 amide bonds. The number of aryl methyl sites for hydroxylation is 1. The summed E-state index contributed by atoms with van der Waals surface area (Å²) in [6, 6.07) is 6.54. The minimum atomic E-state index is -0.533. The fourth-order valence-electron chi connectivity index (χ4n) is 1.81. The number of anilines is 1. The quantitative estimate of drug-likeness (QED) is 0.871. The summed E-state index contributed by atoms with van der Waals surface area (Å²) < 4.78 is 6.03. The van der Waals surface area contributed by atoms with Gasteiger partial charge >= 0.3 is 10.8 Å². The lowest BCUT2D eigenvalue weighted by molar-refractivity contribution is -0.116. The first kappa shape index (κ1) is 15.0. The molecular formula is C14H14N2O4S. The Bertz CT molecular complexity index is 733. The van der Waals surface area contributed by atoms with Crippen LogP contribution in [0.2, 0.25) is 0 Å². The number of para-hydroxylation sites is 1. The number of hydrogen-bond acceptors (Lipinski definition) is 5. The third-order valence-electron chi connectivity index (χ3n) is 2.88. The molecule has 1 aromatic heterocycles. The van der Waals surface area contributed by atoms with Crippen LogP contribution in [0.5, 0.6) is 0 Å². The lowest BCUT2D eigenvalue weighted by atomic mass is 10.2. The Balaban J connectivity index is 2.17. The molecule has 0 saturated heterocycles. The Labute approximate surface area is 125 Å². The standard InChI is InChI=1S/C14H14N2O4S/c1-9-8-21-14(19)16(9)7-12(17)15-11-6-4-3-5-10(11)13(18)20-2/h3-6,8H,7H2,1-2H3,(H,15,17). The maximum absolute atomic E-state index is 12.0. The van der Waals surface area contributed by atoms with Gasteiger partial charge in [0.25, 0.3) is 0 Å². The van der Waals surface area contributed by atoms with Crippen LogP contribution in [-0.2, 0) is 16.1 Å². The zero-order valence-electron chi connectivity index (χ0n) is 11.6. The van der Waals surface area contributed by atoms with Crippen LogP contribution in [0.4, 0.5) is 5.69 Å². The summed E-state index contributed by atoms with van der Waals surface area (Å²) >= 11 is 1.04. The molecule has 21 heavy (non-hydrogen) atoms. The predicted molar refractivity (Wildman–Crippen MR) is 79.7 cm³/mol. The monoisotopic (exact) mass is 306 g/mol. The Morgan fingerprint density at radius 2 is 2.05 bits per heavy atom. The fraction of sp³-hybridized carbons (Fsp3) is 0.214. The summed E-state index contributed by atoms with van der Waals surface area (Å²) in [7, 11) is 1.27. The molecule has 0 spiro atoms. The maximum Gasteiger partial charge on any atom is 0.339 e. The van der Waals surface area contributed by atoms with Crippen LogP contribution in [0.15, 0.2) is 34.4 Å². The number of carbonyl (C=O) groups excluding carboxylic acids is 2. The van der Waals surface area contributed by atoms with E-state index in [1.54, 1.807) is 36.6 Å². The van der Waals surface area contributed by atoms with Gasteiger partial charge < -0.3 is 10.1 Å². The van der Waals surface area contributed by atoms with E-state index in [9.17, 15) is 14.4 Å². The second kappa shape index (κ2) is 6.36. The Morgan fingerprint density at radius 1 is 1.33 bits per heavy atom. The molecule has 0 unspecified atom stereocenters. The Morgan fingerprint density at radius 3 is 2.67 bits per heavy atom. The normalized spacial score (nSPS) is 10.2. The van der Waals surface area contributed by atoms with Gasteiger partial charge in [-0.1, -0.05) is 23.5 Å². The Kier molecular flexibility index (Phi) is 4.54. The van der Waals surface area contributed by atoms with E-state index in [4.69, 9.17) is 0 Å². The van der Waals surface area contributed by atoms with Gasteiger partial charge in [0.1, 0.15) is 6.54 Å². The van der Waals surface area contributed by atoms with Crippen molar-refractivity contribution in [3.05, 3.63) is 50.6 Å². The number of amides is 1. The summed E-state index contributed by atoms with van der Waals surface area (Å²) in [5.74, 6) is -0.912. The molecule has 0 aliphatic carbocycles. The third kappa shape index (κ3) is 3.38. The lowest BCUT2D eigenvalue weighted by Gasteiger charge is -2.10. The number of nitrogens with one attached hydrogen (secondary N) is 1. The van der Waals surface area contributed by atoms with Gasteiger partial charge in [0, 0.05) is 11.1 Å². The van der Waals surface area contributed by atoms with Crippen molar-refractivity contribution in [3.63, 3.8) is 0 Å². The molecular weight excluding hydrogens is 292 g/mol. The van der Waals surface area contributed by atoms with Crippen molar-refractivity contribution in [2.24, 2.45) is 0 Å². The van der Waals surface area contributed by atoms with Crippen LogP contribution < -0.4 is 10.2 Å². The molecule has 0 aliphatic rings. The van der Waals surface area contributed by atoms with Gasteiger partial charge in [-0.15, -0.1) is 0 Å². The van der Waals surface area contributed by atoms with Gasteiger partial charge in [-0.3, -0.25) is 14.2 Å². The predicted octanol–water partition coefficient (Wildman–Crippen LogP) is 1.64. The molecule has 1 heterocycles. The highest BCUT2D eigenvalue weighted by atomic mass is 32.1. The van der Waals surface area contributed by atoms with Crippen LogP contribution in [0, 0.1) is 6.92 Å². The molecule has 0 saturated carbocycles. The Hall–Kier alpha value is -2.41. The lowest BCUT2D eigenvalue weighted by Crippen LogP contribution is -2.25. The molecule has 0 fully saturated rings. The molecule has 2 aromatic rings. The van der Waals surface area contributed by atoms with Crippen LogP contribution in [-0.4, -0.2) is 23.6 Å². The first-order valence-electron chi connectivity index (χ1n) is 6.15. The number of benzene rings is 1. The van der Waals surface area contributed by atoms with E-state index in [0.29, 0.717) is 5.69 Å². The minimum Gasteiger partial charge on any atom is -0.465 e. The number of ether oxygens (including phenoxy) is 1. The van der Waals surface area contributed by atoms with Gasteiger partial charge in [0.15, 0.2) is 0 Å². The number of thiazole rings is 1. The number of esters is 1. The van der Waals surface area contributed by atoms with E-state index < -0.39 is 5.97 Å². The van der Waals surface area contributed by atoms with Gasteiger partial charge in [0.2, 0.25) is 5.91 Å². The molecule has 110 valence electrons. The first-order valence-corrected chi connectivity index (χ1v) is 7.03. The number of rotatable bonds is 4. The average molecular weight is 306 g/mol. The van der Waals surface area contributed by atoms with E-state index >= 15 is 0 Å². The molecule has 2 rings (SSSR count). The smallest absolute Gasteiger partial charge is 0.339 e. The molecule has 0 atom stereocenters. The van der Waals surface area contributed by atoms with Gasteiger partial charge in [0.05, 0.1) is 18.4 Å². The van der Waals surface area contributed by atoms with E-state index in [1.165, 1.54) is 11.7 Å². The minimum absolute atomic E-state index is 0.0936. The number of carbonyl (C=O) groups is 2.